The van der Waals surface area contributed by atoms with E-state index in [2.05, 4.69) is 17.2 Å². The van der Waals surface area contributed by atoms with Crippen LogP contribution in [-0.2, 0) is 11.2 Å². The molecule has 19 heavy (non-hydrogen) atoms. The average Bonchev–Trinajstić information content (AvgIpc) is 2.38. The number of carbonyl (C=O) groups is 1. The standard InChI is InChI=1S/C14H23N3O2/c1-3-4-11(2)17-14(18)10-19-13-6-5-12(7-8-15)16-9-13/h5-6,9,11H,3-4,7-8,10,15H2,1-2H3,(H,17,18). The van der Waals surface area contributed by atoms with Gasteiger partial charge >= 0.3 is 0 Å². The van der Waals surface area contributed by atoms with Crippen LogP contribution in [0.3, 0.4) is 0 Å². The summed E-state index contributed by atoms with van der Waals surface area (Å²) in [6.45, 7) is 4.68. The van der Waals surface area contributed by atoms with Crippen LogP contribution in [0.4, 0.5) is 0 Å². The topological polar surface area (TPSA) is 77.2 Å². The Kier molecular flexibility index (Phi) is 6.89. The molecule has 1 atom stereocenters. The minimum atomic E-state index is -0.105. The van der Waals surface area contributed by atoms with E-state index in [1.54, 1.807) is 12.3 Å². The number of hydrogen-bond acceptors (Lipinski definition) is 4. The number of aromatic nitrogens is 1. The summed E-state index contributed by atoms with van der Waals surface area (Å²) in [5.41, 5.74) is 6.37. The van der Waals surface area contributed by atoms with E-state index in [-0.39, 0.29) is 18.6 Å². The first-order valence-electron chi connectivity index (χ1n) is 6.72. The molecular formula is C14H23N3O2. The first kappa shape index (κ1) is 15.4. The Morgan fingerprint density at radius 3 is 2.89 bits per heavy atom. The van der Waals surface area contributed by atoms with Crippen LogP contribution >= 0.6 is 0 Å². The third kappa shape index (κ3) is 6.20. The highest BCUT2D eigenvalue weighted by molar-refractivity contribution is 5.77. The summed E-state index contributed by atoms with van der Waals surface area (Å²) in [6.07, 6.45) is 4.39. The molecule has 0 aromatic carbocycles. The van der Waals surface area contributed by atoms with Gasteiger partial charge in [0, 0.05) is 18.2 Å². The number of ether oxygens (including phenoxy) is 1. The smallest absolute Gasteiger partial charge is 0.258 e. The van der Waals surface area contributed by atoms with Crippen LogP contribution in [0.25, 0.3) is 0 Å². The average molecular weight is 265 g/mol. The lowest BCUT2D eigenvalue weighted by Crippen LogP contribution is -2.35. The normalized spacial score (nSPS) is 11.9. The number of pyridine rings is 1. The van der Waals surface area contributed by atoms with Gasteiger partial charge in [0.1, 0.15) is 5.75 Å². The largest absolute Gasteiger partial charge is 0.482 e. The van der Waals surface area contributed by atoms with E-state index in [0.717, 1.165) is 25.0 Å². The number of amides is 1. The van der Waals surface area contributed by atoms with Crippen molar-refractivity contribution in [3.05, 3.63) is 24.0 Å². The second-order valence-electron chi connectivity index (χ2n) is 4.57. The molecule has 5 heteroatoms. The number of nitrogens with two attached hydrogens (primary N) is 1. The molecule has 106 valence electrons. The molecule has 0 spiro atoms. The van der Waals surface area contributed by atoms with Crippen LogP contribution in [0.15, 0.2) is 18.3 Å². The van der Waals surface area contributed by atoms with Crippen LogP contribution in [0.1, 0.15) is 32.4 Å². The Bertz CT molecular complexity index is 379. The van der Waals surface area contributed by atoms with Crippen molar-refractivity contribution in [2.24, 2.45) is 5.73 Å². The molecule has 1 aromatic rings. The number of rotatable bonds is 8. The summed E-state index contributed by atoms with van der Waals surface area (Å²) in [6, 6.07) is 3.85. The lowest BCUT2D eigenvalue weighted by atomic mass is 10.2. The maximum absolute atomic E-state index is 11.6. The summed E-state index contributed by atoms with van der Waals surface area (Å²) >= 11 is 0. The molecular weight excluding hydrogens is 242 g/mol. The molecule has 1 aromatic heterocycles. The molecule has 0 saturated heterocycles. The van der Waals surface area contributed by atoms with Gasteiger partial charge < -0.3 is 15.8 Å². The Balaban J connectivity index is 2.33. The quantitative estimate of drug-likeness (QED) is 0.742. The molecule has 1 rings (SSSR count). The van der Waals surface area contributed by atoms with Gasteiger partial charge in [-0.25, -0.2) is 0 Å². The fraction of sp³-hybridized carbons (Fsp3) is 0.571. The van der Waals surface area contributed by atoms with Crippen molar-refractivity contribution in [1.82, 2.24) is 10.3 Å². The highest BCUT2D eigenvalue weighted by Gasteiger charge is 2.07. The highest BCUT2D eigenvalue weighted by atomic mass is 16.5. The number of nitrogens with one attached hydrogen (secondary N) is 1. The zero-order valence-electron chi connectivity index (χ0n) is 11.7. The van der Waals surface area contributed by atoms with Crippen molar-refractivity contribution in [2.45, 2.75) is 39.2 Å². The predicted octanol–water partition coefficient (Wildman–Crippen LogP) is 1.27. The second kappa shape index (κ2) is 8.48. The van der Waals surface area contributed by atoms with Crippen LogP contribution in [0.2, 0.25) is 0 Å². The van der Waals surface area contributed by atoms with Crippen molar-refractivity contribution < 1.29 is 9.53 Å². The monoisotopic (exact) mass is 265 g/mol. The molecule has 0 aliphatic heterocycles. The van der Waals surface area contributed by atoms with Gasteiger partial charge in [-0.15, -0.1) is 0 Å². The van der Waals surface area contributed by atoms with E-state index in [0.29, 0.717) is 12.3 Å². The lowest BCUT2D eigenvalue weighted by Gasteiger charge is -2.13. The molecule has 0 aliphatic carbocycles. The molecule has 1 unspecified atom stereocenters. The molecule has 0 bridgehead atoms. The number of nitrogens with zero attached hydrogens (tertiary/aromatic N) is 1. The van der Waals surface area contributed by atoms with E-state index in [9.17, 15) is 4.79 Å². The van der Waals surface area contributed by atoms with Crippen molar-refractivity contribution >= 4 is 5.91 Å². The van der Waals surface area contributed by atoms with E-state index in [1.165, 1.54) is 0 Å². The zero-order chi connectivity index (χ0) is 14.1. The van der Waals surface area contributed by atoms with Crippen LogP contribution in [0, 0.1) is 0 Å². The van der Waals surface area contributed by atoms with E-state index in [4.69, 9.17) is 10.5 Å². The second-order valence-corrected chi connectivity index (χ2v) is 4.57. The predicted molar refractivity (Wildman–Crippen MR) is 75.0 cm³/mol. The van der Waals surface area contributed by atoms with Crippen LogP contribution < -0.4 is 15.8 Å². The van der Waals surface area contributed by atoms with E-state index < -0.39 is 0 Å². The van der Waals surface area contributed by atoms with Gasteiger partial charge in [0.05, 0.1) is 6.20 Å². The van der Waals surface area contributed by atoms with Crippen LogP contribution in [-0.4, -0.2) is 30.1 Å². The minimum Gasteiger partial charge on any atom is -0.482 e. The van der Waals surface area contributed by atoms with Gasteiger partial charge in [0.2, 0.25) is 0 Å². The molecule has 0 aliphatic rings. The van der Waals surface area contributed by atoms with Crippen LogP contribution in [0.5, 0.6) is 5.75 Å². The van der Waals surface area contributed by atoms with Crippen molar-refractivity contribution in [2.75, 3.05) is 13.2 Å². The van der Waals surface area contributed by atoms with E-state index >= 15 is 0 Å². The fourth-order valence-electron chi connectivity index (χ4n) is 1.76. The Labute approximate surface area is 114 Å². The molecule has 5 nitrogen and oxygen atoms in total. The Hall–Kier alpha value is -1.62. The molecule has 0 fully saturated rings. The summed E-state index contributed by atoms with van der Waals surface area (Å²) in [7, 11) is 0. The number of carbonyl (C=O) groups excluding carboxylic acids is 1. The Morgan fingerprint density at radius 1 is 1.53 bits per heavy atom. The van der Waals surface area contributed by atoms with Gasteiger partial charge in [-0.3, -0.25) is 9.78 Å². The van der Waals surface area contributed by atoms with Gasteiger partial charge in [-0.1, -0.05) is 13.3 Å². The summed E-state index contributed by atoms with van der Waals surface area (Å²) in [5.74, 6) is 0.492. The highest BCUT2D eigenvalue weighted by Crippen LogP contribution is 2.09. The first-order valence-corrected chi connectivity index (χ1v) is 6.72. The molecule has 3 N–H and O–H groups in total. The third-order valence-corrected chi connectivity index (χ3v) is 2.70. The third-order valence-electron chi connectivity index (χ3n) is 2.70. The Morgan fingerprint density at radius 2 is 2.32 bits per heavy atom. The lowest BCUT2D eigenvalue weighted by molar-refractivity contribution is -0.123. The summed E-state index contributed by atoms with van der Waals surface area (Å²) < 4.78 is 5.37. The first-order chi connectivity index (χ1) is 9.15. The van der Waals surface area contributed by atoms with Gasteiger partial charge in [-0.05, 0) is 32.0 Å². The SMILES string of the molecule is CCCC(C)NC(=O)COc1ccc(CCN)nc1. The summed E-state index contributed by atoms with van der Waals surface area (Å²) in [5, 5.41) is 2.88. The van der Waals surface area contributed by atoms with Gasteiger partial charge in [0.15, 0.2) is 6.61 Å². The zero-order valence-corrected chi connectivity index (χ0v) is 11.7. The molecule has 0 radical (unpaired) electrons. The number of hydrogen-bond donors (Lipinski definition) is 2. The molecule has 0 saturated carbocycles. The fourth-order valence-corrected chi connectivity index (χ4v) is 1.76. The van der Waals surface area contributed by atoms with Gasteiger partial charge in [0.25, 0.3) is 5.91 Å². The van der Waals surface area contributed by atoms with E-state index in [1.807, 2.05) is 13.0 Å². The molecule has 1 amide bonds. The minimum absolute atomic E-state index is 0.0198. The maximum atomic E-state index is 11.6. The van der Waals surface area contributed by atoms with Crippen molar-refractivity contribution in [3.63, 3.8) is 0 Å². The van der Waals surface area contributed by atoms with Gasteiger partial charge in [-0.2, -0.15) is 0 Å². The van der Waals surface area contributed by atoms with Crippen molar-refractivity contribution in [3.8, 4) is 5.75 Å². The maximum Gasteiger partial charge on any atom is 0.258 e. The molecule has 1 heterocycles. The summed E-state index contributed by atoms with van der Waals surface area (Å²) in [4.78, 5) is 15.8. The van der Waals surface area contributed by atoms with Crippen molar-refractivity contribution in [1.29, 1.82) is 0 Å².